The van der Waals surface area contributed by atoms with Crippen LogP contribution in [0.5, 0.6) is 0 Å². The minimum atomic E-state index is -0.503. The molecule has 2 rings (SSSR count). The molecule has 0 aliphatic carbocycles. The average Bonchev–Trinajstić information content (AvgIpc) is 2.36. The molecule has 6 heteroatoms. The summed E-state index contributed by atoms with van der Waals surface area (Å²) in [7, 11) is 0. The second-order valence-electron chi connectivity index (χ2n) is 7.25. The van der Waals surface area contributed by atoms with Gasteiger partial charge < -0.3 is 14.5 Å². The molecule has 2 fully saturated rings. The van der Waals surface area contributed by atoms with E-state index < -0.39 is 5.60 Å². The summed E-state index contributed by atoms with van der Waals surface area (Å²) in [5, 5.41) is 0. The standard InChI is InChI=1S/C16H26N2O4/c1-11-9-12(18-8-6-13(19)10-14(18)20)5-7-17(11)15(21)22-16(2,3)4/h11-12H,5-10H2,1-4H3/t11-,12?/m1/s1. The fourth-order valence-corrected chi connectivity index (χ4v) is 3.14. The maximum absolute atomic E-state index is 12.2. The molecule has 22 heavy (non-hydrogen) atoms. The van der Waals surface area contributed by atoms with E-state index >= 15 is 0 Å². The summed E-state index contributed by atoms with van der Waals surface area (Å²) in [6, 6.07) is 0.147. The van der Waals surface area contributed by atoms with E-state index in [4.69, 9.17) is 4.74 Å². The lowest BCUT2D eigenvalue weighted by atomic mass is 9.95. The highest BCUT2D eigenvalue weighted by atomic mass is 16.6. The summed E-state index contributed by atoms with van der Waals surface area (Å²) < 4.78 is 5.43. The minimum absolute atomic E-state index is 0.0269. The third kappa shape index (κ3) is 3.99. The quantitative estimate of drug-likeness (QED) is 0.694. The summed E-state index contributed by atoms with van der Waals surface area (Å²) in [4.78, 5) is 39.1. The van der Waals surface area contributed by atoms with E-state index in [9.17, 15) is 14.4 Å². The van der Waals surface area contributed by atoms with E-state index in [2.05, 4.69) is 0 Å². The highest BCUT2D eigenvalue weighted by Gasteiger charge is 2.37. The molecule has 6 nitrogen and oxygen atoms in total. The number of piperidine rings is 2. The van der Waals surface area contributed by atoms with Crippen LogP contribution in [-0.2, 0) is 14.3 Å². The Morgan fingerprint density at radius 1 is 1.23 bits per heavy atom. The lowest BCUT2D eigenvalue weighted by Crippen LogP contribution is -2.54. The number of carbonyl (C=O) groups excluding carboxylic acids is 3. The zero-order valence-corrected chi connectivity index (χ0v) is 13.9. The van der Waals surface area contributed by atoms with E-state index in [-0.39, 0.29) is 36.3 Å². The SMILES string of the molecule is C[C@@H]1CC(N2CCC(=O)CC2=O)CCN1C(=O)OC(C)(C)C. The first-order valence-corrected chi connectivity index (χ1v) is 7.98. The van der Waals surface area contributed by atoms with E-state index in [1.165, 1.54) is 0 Å². The van der Waals surface area contributed by atoms with Crippen LogP contribution in [0.25, 0.3) is 0 Å². The molecule has 0 bridgehead atoms. The van der Waals surface area contributed by atoms with E-state index in [0.29, 0.717) is 19.5 Å². The Morgan fingerprint density at radius 3 is 2.45 bits per heavy atom. The van der Waals surface area contributed by atoms with Gasteiger partial charge in [-0.2, -0.15) is 0 Å². The fraction of sp³-hybridized carbons (Fsp3) is 0.812. The summed E-state index contributed by atoms with van der Waals surface area (Å²) >= 11 is 0. The first-order chi connectivity index (χ1) is 10.2. The van der Waals surface area contributed by atoms with Crippen molar-refractivity contribution in [2.24, 2.45) is 0 Å². The molecule has 0 saturated carbocycles. The van der Waals surface area contributed by atoms with E-state index in [1.807, 2.05) is 32.6 Å². The van der Waals surface area contributed by atoms with Crippen molar-refractivity contribution in [1.82, 2.24) is 9.80 Å². The first-order valence-electron chi connectivity index (χ1n) is 7.98. The normalized spacial score (nSPS) is 27.1. The minimum Gasteiger partial charge on any atom is -0.444 e. The number of likely N-dealkylation sites (tertiary alicyclic amines) is 2. The van der Waals surface area contributed by atoms with Gasteiger partial charge in [-0.25, -0.2) is 4.79 Å². The molecular weight excluding hydrogens is 284 g/mol. The number of ether oxygens (including phenoxy) is 1. The van der Waals surface area contributed by atoms with Crippen molar-refractivity contribution < 1.29 is 19.1 Å². The monoisotopic (exact) mass is 310 g/mol. The summed E-state index contributed by atoms with van der Waals surface area (Å²) in [5.41, 5.74) is -0.503. The Morgan fingerprint density at radius 2 is 1.91 bits per heavy atom. The number of carbonyl (C=O) groups is 3. The molecule has 2 aliphatic heterocycles. The van der Waals surface area contributed by atoms with Crippen molar-refractivity contribution in [3.8, 4) is 0 Å². The number of amides is 2. The molecular formula is C16H26N2O4. The maximum atomic E-state index is 12.2. The largest absolute Gasteiger partial charge is 0.444 e. The molecule has 0 aromatic heterocycles. The number of hydrogen-bond acceptors (Lipinski definition) is 4. The lowest BCUT2D eigenvalue weighted by Gasteiger charge is -2.43. The van der Waals surface area contributed by atoms with Gasteiger partial charge >= 0.3 is 6.09 Å². The second-order valence-corrected chi connectivity index (χ2v) is 7.25. The smallest absolute Gasteiger partial charge is 0.410 e. The van der Waals surface area contributed by atoms with Crippen molar-refractivity contribution in [1.29, 1.82) is 0 Å². The maximum Gasteiger partial charge on any atom is 0.410 e. The zero-order valence-electron chi connectivity index (χ0n) is 13.9. The second kappa shape index (κ2) is 6.26. The lowest BCUT2D eigenvalue weighted by molar-refractivity contribution is -0.142. The Balaban J connectivity index is 1.94. The van der Waals surface area contributed by atoms with Gasteiger partial charge in [-0.1, -0.05) is 0 Å². The van der Waals surface area contributed by atoms with Gasteiger partial charge in [-0.15, -0.1) is 0 Å². The molecule has 2 aliphatic rings. The van der Waals surface area contributed by atoms with Crippen LogP contribution in [0.2, 0.25) is 0 Å². The van der Waals surface area contributed by atoms with Crippen molar-refractivity contribution in [2.75, 3.05) is 13.1 Å². The van der Waals surface area contributed by atoms with Gasteiger partial charge in [-0.05, 0) is 40.5 Å². The van der Waals surface area contributed by atoms with Crippen molar-refractivity contribution >= 4 is 17.8 Å². The first kappa shape index (κ1) is 16.8. The predicted molar refractivity (Wildman–Crippen MR) is 81.4 cm³/mol. The van der Waals surface area contributed by atoms with Gasteiger partial charge in [0, 0.05) is 31.6 Å². The molecule has 0 aromatic rings. The number of nitrogens with zero attached hydrogens (tertiary/aromatic N) is 2. The van der Waals surface area contributed by atoms with E-state index in [0.717, 1.165) is 12.8 Å². The van der Waals surface area contributed by atoms with Crippen molar-refractivity contribution in [3.05, 3.63) is 0 Å². The molecule has 0 spiro atoms. The zero-order chi connectivity index (χ0) is 16.5. The van der Waals surface area contributed by atoms with Crippen LogP contribution in [0.3, 0.4) is 0 Å². The molecule has 2 atom stereocenters. The predicted octanol–water partition coefficient (Wildman–Crippen LogP) is 1.97. The number of rotatable bonds is 1. The molecule has 0 aromatic carbocycles. The number of Topliss-reactive ketones (excluding diaryl/α,β-unsaturated/α-hetero) is 1. The molecule has 1 unspecified atom stereocenters. The Labute approximate surface area is 131 Å². The number of hydrogen-bond donors (Lipinski definition) is 0. The molecule has 2 saturated heterocycles. The van der Waals surface area contributed by atoms with Gasteiger partial charge in [0.1, 0.15) is 11.4 Å². The summed E-state index contributed by atoms with van der Waals surface area (Å²) in [6.45, 7) is 8.64. The van der Waals surface area contributed by atoms with Crippen LogP contribution < -0.4 is 0 Å². The number of ketones is 1. The third-order valence-electron chi connectivity index (χ3n) is 4.22. The van der Waals surface area contributed by atoms with E-state index in [1.54, 1.807) is 4.90 Å². The van der Waals surface area contributed by atoms with Crippen LogP contribution in [0.1, 0.15) is 53.4 Å². The highest BCUT2D eigenvalue weighted by molar-refractivity contribution is 6.00. The topological polar surface area (TPSA) is 66.9 Å². The van der Waals surface area contributed by atoms with Crippen molar-refractivity contribution in [2.45, 2.75) is 71.1 Å². The Bertz CT molecular complexity index is 469. The van der Waals surface area contributed by atoms with Crippen LogP contribution >= 0.6 is 0 Å². The van der Waals surface area contributed by atoms with Crippen LogP contribution in [0, 0.1) is 0 Å². The average molecular weight is 310 g/mol. The van der Waals surface area contributed by atoms with Crippen LogP contribution in [0.4, 0.5) is 4.79 Å². The van der Waals surface area contributed by atoms with Gasteiger partial charge in [0.15, 0.2) is 0 Å². The summed E-state index contributed by atoms with van der Waals surface area (Å²) in [6.07, 6.45) is 1.66. The molecule has 124 valence electrons. The van der Waals surface area contributed by atoms with Gasteiger partial charge in [0.05, 0.1) is 6.42 Å². The van der Waals surface area contributed by atoms with Crippen molar-refractivity contribution in [3.63, 3.8) is 0 Å². The fourth-order valence-electron chi connectivity index (χ4n) is 3.14. The third-order valence-corrected chi connectivity index (χ3v) is 4.22. The Hall–Kier alpha value is -1.59. The Kier molecular flexibility index (Phi) is 4.78. The molecule has 2 amide bonds. The van der Waals surface area contributed by atoms with Crippen LogP contribution in [-0.4, -0.2) is 58.4 Å². The molecule has 0 N–H and O–H groups in total. The van der Waals surface area contributed by atoms with Gasteiger partial charge in [0.2, 0.25) is 5.91 Å². The molecule has 0 radical (unpaired) electrons. The van der Waals surface area contributed by atoms with Crippen LogP contribution in [0.15, 0.2) is 0 Å². The van der Waals surface area contributed by atoms with Gasteiger partial charge in [-0.3, -0.25) is 9.59 Å². The summed E-state index contributed by atoms with van der Waals surface area (Å²) in [5.74, 6) is -0.0420. The van der Waals surface area contributed by atoms with Gasteiger partial charge in [0.25, 0.3) is 0 Å². The molecule has 2 heterocycles. The highest BCUT2D eigenvalue weighted by Crippen LogP contribution is 2.26.